The van der Waals surface area contributed by atoms with Crippen LogP contribution < -0.4 is 9.80 Å². The predicted molar refractivity (Wildman–Crippen MR) is 136 cm³/mol. The number of rotatable bonds is 5. The van der Waals surface area contributed by atoms with E-state index < -0.39 is 21.8 Å². The molecule has 2 amide bonds. The summed E-state index contributed by atoms with van der Waals surface area (Å²) in [6.07, 6.45) is 0.844. The number of carbonyl (C=O) groups excluding carboxylic acids is 3. The minimum absolute atomic E-state index is 0.110. The fourth-order valence-electron chi connectivity index (χ4n) is 4.80. The molecule has 36 heavy (non-hydrogen) atoms. The summed E-state index contributed by atoms with van der Waals surface area (Å²) in [5.41, 5.74) is 4.52. The molecule has 0 atom stereocenters. The molecule has 3 aromatic rings. The molecule has 184 valence electrons. The number of hydrogen-bond donors (Lipinski definition) is 0. The summed E-state index contributed by atoms with van der Waals surface area (Å²) in [5, 5.41) is 0. The molecule has 0 bridgehead atoms. The van der Waals surface area contributed by atoms with Gasteiger partial charge in [0.1, 0.15) is 6.29 Å². The second kappa shape index (κ2) is 9.00. The Balaban J connectivity index is 1.31. The number of amides is 2. The highest BCUT2D eigenvalue weighted by Crippen LogP contribution is 2.30. The maximum atomic E-state index is 13.3. The number of imide groups is 1. The van der Waals surface area contributed by atoms with Gasteiger partial charge in [0.25, 0.3) is 11.8 Å². The molecule has 0 unspecified atom stereocenters. The Bertz CT molecular complexity index is 1460. The Morgan fingerprint density at radius 2 is 1.36 bits per heavy atom. The number of anilines is 2. The van der Waals surface area contributed by atoms with E-state index in [2.05, 4.69) is 4.90 Å². The van der Waals surface area contributed by atoms with Gasteiger partial charge in [0, 0.05) is 37.4 Å². The molecule has 1 saturated heterocycles. The fraction of sp³-hybridized carbons (Fsp3) is 0.222. The Hall–Kier alpha value is -3.82. The van der Waals surface area contributed by atoms with E-state index in [4.69, 9.17) is 0 Å². The lowest BCUT2D eigenvalue weighted by Crippen LogP contribution is -2.48. The largest absolute Gasteiger partial charge is 0.369 e. The molecule has 0 radical (unpaired) electrons. The Morgan fingerprint density at radius 1 is 0.778 bits per heavy atom. The molecule has 1 fully saturated rings. The van der Waals surface area contributed by atoms with Gasteiger partial charge in [-0.25, -0.2) is 13.3 Å². The van der Waals surface area contributed by atoms with Crippen LogP contribution in [0, 0.1) is 13.8 Å². The van der Waals surface area contributed by atoms with E-state index in [0.29, 0.717) is 48.6 Å². The highest BCUT2D eigenvalue weighted by Gasteiger charge is 2.36. The van der Waals surface area contributed by atoms with Crippen molar-refractivity contribution in [2.24, 2.45) is 0 Å². The number of piperazine rings is 1. The van der Waals surface area contributed by atoms with Crippen LogP contribution in [0.1, 0.15) is 42.2 Å². The van der Waals surface area contributed by atoms with Crippen LogP contribution in [0.5, 0.6) is 0 Å². The van der Waals surface area contributed by atoms with Gasteiger partial charge in [-0.2, -0.15) is 4.31 Å². The van der Waals surface area contributed by atoms with Gasteiger partial charge in [0.15, 0.2) is 0 Å². The zero-order valence-corrected chi connectivity index (χ0v) is 20.8. The molecule has 0 spiro atoms. The van der Waals surface area contributed by atoms with Gasteiger partial charge >= 0.3 is 0 Å². The standard InChI is InChI=1S/C27H25N3O5S/c1-18-16-25(19(2)15-20(18)17-31)28-11-13-29(14-12-28)36(34,35)22-9-7-21(8-10-22)30-26(32)23-5-3-4-6-24(23)27(30)33/h3-10,15-17H,11-14H2,1-2H3. The summed E-state index contributed by atoms with van der Waals surface area (Å²) >= 11 is 0. The second-order valence-electron chi connectivity index (χ2n) is 8.99. The van der Waals surface area contributed by atoms with Crippen molar-refractivity contribution < 1.29 is 22.8 Å². The number of hydrogen-bond acceptors (Lipinski definition) is 6. The molecule has 2 aliphatic heterocycles. The lowest BCUT2D eigenvalue weighted by atomic mass is 10.0. The average molecular weight is 504 g/mol. The van der Waals surface area contributed by atoms with Crippen molar-refractivity contribution in [3.63, 3.8) is 0 Å². The van der Waals surface area contributed by atoms with Crippen molar-refractivity contribution in [1.29, 1.82) is 0 Å². The Labute approximate surface area is 209 Å². The second-order valence-corrected chi connectivity index (χ2v) is 10.9. The summed E-state index contributed by atoms with van der Waals surface area (Å²) < 4.78 is 28.0. The van der Waals surface area contributed by atoms with E-state index in [1.807, 2.05) is 26.0 Å². The summed E-state index contributed by atoms with van der Waals surface area (Å²) in [6, 6.07) is 16.3. The van der Waals surface area contributed by atoms with E-state index in [1.54, 1.807) is 24.3 Å². The van der Waals surface area contributed by atoms with Crippen molar-refractivity contribution in [2.45, 2.75) is 18.7 Å². The van der Waals surface area contributed by atoms with Crippen molar-refractivity contribution in [1.82, 2.24) is 4.31 Å². The van der Waals surface area contributed by atoms with Crippen molar-refractivity contribution in [3.8, 4) is 0 Å². The fourth-order valence-corrected chi connectivity index (χ4v) is 6.22. The number of nitrogens with zero attached hydrogens (tertiary/aromatic N) is 3. The number of carbonyl (C=O) groups is 3. The van der Waals surface area contributed by atoms with Crippen LogP contribution in [0.25, 0.3) is 0 Å². The molecule has 0 N–H and O–H groups in total. The molecule has 9 heteroatoms. The molecular formula is C27H25N3O5S. The third-order valence-corrected chi connectivity index (χ3v) is 8.73. The molecule has 0 saturated carbocycles. The first-order valence-corrected chi connectivity index (χ1v) is 13.1. The minimum Gasteiger partial charge on any atom is -0.369 e. The summed E-state index contributed by atoms with van der Waals surface area (Å²) in [4.78, 5) is 40.0. The van der Waals surface area contributed by atoms with Crippen LogP contribution in [0.15, 0.2) is 65.6 Å². The first-order valence-electron chi connectivity index (χ1n) is 11.6. The molecule has 8 nitrogen and oxygen atoms in total. The van der Waals surface area contributed by atoms with Crippen LogP contribution in [-0.2, 0) is 10.0 Å². The lowest BCUT2D eigenvalue weighted by molar-refractivity contribution is 0.0925. The molecule has 2 aliphatic rings. The maximum absolute atomic E-state index is 13.3. The number of benzene rings is 3. The van der Waals surface area contributed by atoms with E-state index in [9.17, 15) is 22.8 Å². The predicted octanol–water partition coefficient (Wildman–Crippen LogP) is 3.43. The quantitative estimate of drug-likeness (QED) is 0.391. The molecule has 2 heterocycles. The van der Waals surface area contributed by atoms with Crippen LogP contribution in [0.2, 0.25) is 0 Å². The van der Waals surface area contributed by atoms with Gasteiger partial charge in [-0.05, 0) is 73.5 Å². The van der Waals surface area contributed by atoms with Crippen LogP contribution in [0.3, 0.4) is 0 Å². The summed E-state index contributed by atoms with van der Waals surface area (Å²) in [7, 11) is -3.75. The monoisotopic (exact) mass is 503 g/mol. The summed E-state index contributed by atoms with van der Waals surface area (Å²) in [5.74, 6) is -0.844. The van der Waals surface area contributed by atoms with Gasteiger partial charge in [-0.15, -0.1) is 0 Å². The zero-order chi connectivity index (χ0) is 25.6. The van der Waals surface area contributed by atoms with E-state index in [0.717, 1.165) is 28.0 Å². The van der Waals surface area contributed by atoms with Gasteiger partial charge in [-0.3, -0.25) is 14.4 Å². The lowest BCUT2D eigenvalue weighted by Gasteiger charge is -2.36. The third-order valence-electron chi connectivity index (χ3n) is 6.82. The van der Waals surface area contributed by atoms with Crippen LogP contribution in [0.4, 0.5) is 11.4 Å². The van der Waals surface area contributed by atoms with Crippen molar-refractivity contribution >= 4 is 39.5 Å². The average Bonchev–Trinajstić information content (AvgIpc) is 3.15. The molecule has 0 aliphatic carbocycles. The molecule has 3 aromatic carbocycles. The molecule has 5 rings (SSSR count). The Kier molecular flexibility index (Phi) is 5.97. The van der Waals surface area contributed by atoms with E-state index in [1.165, 1.54) is 28.6 Å². The highest BCUT2D eigenvalue weighted by molar-refractivity contribution is 7.89. The summed E-state index contributed by atoms with van der Waals surface area (Å²) in [6.45, 7) is 5.51. The smallest absolute Gasteiger partial charge is 0.266 e. The third kappa shape index (κ3) is 3.90. The van der Waals surface area contributed by atoms with Crippen LogP contribution in [-0.4, -0.2) is 57.0 Å². The van der Waals surface area contributed by atoms with Gasteiger partial charge in [0.2, 0.25) is 10.0 Å². The topological polar surface area (TPSA) is 95.1 Å². The zero-order valence-electron chi connectivity index (χ0n) is 20.0. The normalized spacial score (nSPS) is 16.4. The first kappa shape index (κ1) is 23.9. The number of sulfonamides is 1. The minimum atomic E-state index is -3.75. The molecular weight excluding hydrogens is 478 g/mol. The molecule has 0 aromatic heterocycles. The van der Waals surface area contributed by atoms with E-state index >= 15 is 0 Å². The number of aldehydes is 1. The number of fused-ring (bicyclic) bond motifs is 1. The number of aryl methyl sites for hydroxylation is 2. The van der Waals surface area contributed by atoms with Gasteiger partial charge in [0.05, 0.1) is 21.7 Å². The maximum Gasteiger partial charge on any atom is 0.266 e. The van der Waals surface area contributed by atoms with Crippen molar-refractivity contribution in [2.75, 3.05) is 36.0 Å². The van der Waals surface area contributed by atoms with E-state index in [-0.39, 0.29) is 4.90 Å². The van der Waals surface area contributed by atoms with Gasteiger partial charge in [-0.1, -0.05) is 12.1 Å². The SMILES string of the molecule is Cc1cc(N2CCN(S(=O)(=O)c3ccc(N4C(=O)c5ccccc5C4=O)cc3)CC2)c(C)cc1C=O. The highest BCUT2D eigenvalue weighted by atomic mass is 32.2. The van der Waals surface area contributed by atoms with Gasteiger partial charge < -0.3 is 4.90 Å². The first-order chi connectivity index (χ1) is 17.2. The van der Waals surface area contributed by atoms with Crippen molar-refractivity contribution in [3.05, 3.63) is 88.5 Å². The van der Waals surface area contributed by atoms with Crippen LogP contribution >= 0.6 is 0 Å². The Morgan fingerprint density at radius 3 is 1.92 bits per heavy atom.